The van der Waals surface area contributed by atoms with Crippen molar-refractivity contribution in [2.45, 2.75) is 35.1 Å². The van der Waals surface area contributed by atoms with Crippen molar-refractivity contribution in [1.29, 1.82) is 5.26 Å². The molecule has 6 aromatic rings. The second-order valence-corrected chi connectivity index (χ2v) is 14.1. The van der Waals surface area contributed by atoms with Gasteiger partial charge in [-0.05, 0) is 82.3 Å². The van der Waals surface area contributed by atoms with Crippen LogP contribution in [-0.4, -0.2) is 56.1 Å². The summed E-state index contributed by atoms with van der Waals surface area (Å²) in [5.41, 5.74) is 11.4. The third-order valence-corrected chi connectivity index (χ3v) is 9.47. The first kappa shape index (κ1) is 47.1. The Labute approximate surface area is 364 Å². The molecule has 300 valence electrons. The number of anilines is 3. The number of hydrogen-bond acceptors (Lipinski definition) is 11. The topological polar surface area (TPSA) is 168 Å². The first-order chi connectivity index (χ1) is 27.3. The molecule has 4 heterocycles. The highest BCUT2D eigenvalue weighted by Gasteiger charge is 2.13. The SMILES string of the molecule is C.Cc1nc(-c2ccc(Cl)cc2Cl)nc(Cl)c1C.Cc1nc(-c2ccc(Cl)cc2Cl)nc(NCCNc2ccc(C#N)cn2)c1C.[C-]#[N+]c1ccc(NCCN)nc1. The van der Waals surface area contributed by atoms with Gasteiger partial charge in [0.1, 0.15) is 28.7 Å². The van der Waals surface area contributed by atoms with Crippen LogP contribution >= 0.6 is 58.0 Å². The summed E-state index contributed by atoms with van der Waals surface area (Å²) in [4.78, 5) is 29.2. The highest BCUT2D eigenvalue weighted by Crippen LogP contribution is 2.31. The second kappa shape index (κ2) is 23.2. The molecule has 0 aliphatic carbocycles. The van der Waals surface area contributed by atoms with Crippen LogP contribution in [-0.2, 0) is 0 Å². The summed E-state index contributed by atoms with van der Waals surface area (Å²) < 4.78 is 0. The van der Waals surface area contributed by atoms with E-state index >= 15 is 0 Å². The van der Waals surface area contributed by atoms with Crippen molar-refractivity contribution in [1.82, 2.24) is 29.9 Å². The quantitative estimate of drug-likeness (QED) is 0.0587. The van der Waals surface area contributed by atoms with Crippen molar-refractivity contribution in [2.24, 2.45) is 5.73 Å². The molecule has 6 rings (SSSR count). The number of nitrogens with zero attached hydrogens (tertiary/aromatic N) is 8. The van der Waals surface area contributed by atoms with Crippen LogP contribution in [0.2, 0.25) is 25.2 Å². The van der Waals surface area contributed by atoms with Gasteiger partial charge in [-0.25, -0.2) is 29.8 Å². The van der Waals surface area contributed by atoms with Gasteiger partial charge in [-0.1, -0.05) is 71.5 Å². The Morgan fingerprint density at radius 2 is 1.21 bits per heavy atom. The number of aromatic nitrogens is 6. The van der Waals surface area contributed by atoms with Gasteiger partial charge in [0, 0.05) is 82.3 Å². The Hall–Kier alpha value is -5.31. The third-order valence-electron chi connectivity index (χ3n) is 8.01. The number of nitriles is 1. The summed E-state index contributed by atoms with van der Waals surface area (Å²) in [6.07, 6.45) is 3.07. The Balaban J connectivity index is 0.000000255. The fraction of sp³-hybridized carbons (Fsp3) is 0.220. The van der Waals surface area contributed by atoms with Crippen LogP contribution in [0.4, 0.5) is 23.1 Å². The molecule has 0 bridgehead atoms. The Kier molecular flexibility index (Phi) is 18.8. The molecule has 0 spiro atoms. The highest BCUT2D eigenvalue weighted by molar-refractivity contribution is 6.37. The van der Waals surface area contributed by atoms with Gasteiger partial charge in [-0.2, -0.15) is 5.26 Å². The molecular formula is C41H41Cl5N12. The van der Waals surface area contributed by atoms with Crippen LogP contribution in [0.5, 0.6) is 0 Å². The number of nitrogens with one attached hydrogen (secondary N) is 3. The summed E-state index contributed by atoms with van der Waals surface area (Å²) in [7, 11) is 0. The summed E-state index contributed by atoms with van der Waals surface area (Å²) in [5.74, 6) is 3.29. The monoisotopic (exact) mass is 876 g/mol. The maximum Gasteiger partial charge on any atom is 0.205 e. The van der Waals surface area contributed by atoms with Crippen LogP contribution in [0.25, 0.3) is 27.6 Å². The standard InChI is InChI=1S/C20H18Cl2N6.C12H9Cl3N2.C8H10N4.CH4/c1-12-13(2)27-20(16-5-4-15(21)9-17(16)22)28-19(12)25-8-7-24-18-6-3-14(10-23)11-26-18;1-6-7(2)16-12(17-11(6)15)9-4-3-8(13)5-10(9)14;1-10-7-2-3-8(12-6-7)11-5-4-9;/h3-6,9,11H,7-8H2,1-2H3,(H,24,26)(H,25,27,28);3-5H,1-2H3;2-3,6H,4-5,9H2,(H,11,12);1H4. The number of aryl methyl sites for hydroxylation is 2. The number of hydrogen-bond donors (Lipinski definition) is 4. The molecule has 58 heavy (non-hydrogen) atoms. The lowest BCUT2D eigenvalue weighted by Crippen LogP contribution is -2.16. The van der Waals surface area contributed by atoms with Crippen molar-refractivity contribution in [2.75, 3.05) is 42.1 Å². The first-order valence-corrected chi connectivity index (χ1v) is 19.1. The average Bonchev–Trinajstić information content (AvgIpc) is 3.20. The lowest BCUT2D eigenvalue weighted by molar-refractivity contribution is 1.01. The molecule has 0 saturated heterocycles. The molecule has 5 N–H and O–H groups in total. The summed E-state index contributed by atoms with van der Waals surface area (Å²) in [5, 5.41) is 20.9. The van der Waals surface area contributed by atoms with Crippen LogP contribution in [0.1, 0.15) is 35.5 Å². The van der Waals surface area contributed by atoms with E-state index in [0.29, 0.717) is 80.1 Å². The number of benzene rings is 2. The summed E-state index contributed by atoms with van der Waals surface area (Å²) in [6, 6.07) is 19.5. The van der Waals surface area contributed by atoms with Crippen molar-refractivity contribution in [3.8, 4) is 28.8 Å². The zero-order chi connectivity index (χ0) is 41.5. The minimum atomic E-state index is 0. The van der Waals surface area contributed by atoms with Crippen LogP contribution in [0, 0.1) is 45.6 Å². The molecule has 0 radical (unpaired) electrons. The van der Waals surface area contributed by atoms with E-state index in [-0.39, 0.29) is 7.43 Å². The fourth-order valence-electron chi connectivity index (χ4n) is 4.67. The van der Waals surface area contributed by atoms with Crippen LogP contribution < -0.4 is 21.7 Å². The average molecular weight is 879 g/mol. The lowest BCUT2D eigenvalue weighted by Gasteiger charge is -2.13. The van der Waals surface area contributed by atoms with Crippen molar-refractivity contribution in [3.05, 3.63) is 138 Å². The van der Waals surface area contributed by atoms with Crippen LogP contribution in [0.3, 0.4) is 0 Å². The summed E-state index contributed by atoms with van der Waals surface area (Å²) >= 11 is 30.3. The molecule has 4 aromatic heterocycles. The van der Waals surface area contributed by atoms with Gasteiger partial charge in [-0.3, -0.25) is 4.98 Å². The van der Waals surface area contributed by atoms with Crippen molar-refractivity contribution in [3.63, 3.8) is 0 Å². The third kappa shape index (κ3) is 13.7. The predicted molar refractivity (Wildman–Crippen MR) is 240 cm³/mol. The Bertz CT molecular complexity index is 2360. The van der Waals surface area contributed by atoms with Crippen molar-refractivity contribution >= 4 is 81.1 Å². The molecule has 0 atom stereocenters. The molecule has 2 aromatic carbocycles. The number of rotatable bonds is 10. The van der Waals surface area contributed by atoms with E-state index in [2.05, 4.69) is 50.7 Å². The molecule has 0 saturated carbocycles. The van der Waals surface area contributed by atoms with E-state index in [9.17, 15) is 0 Å². The molecular weight excluding hydrogens is 838 g/mol. The van der Waals surface area contributed by atoms with Gasteiger partial charge in [0.05, 0.1) is 22.2 Å². The van der Waals surface area contributed by atoms with E-state index in [1.165, 1.54) is 12.4 Å². The van der Waals surface area contributed by atoms with Crippen LogP contribution in [0.15, 0.2) is 73.1 Å². The number of halogens is 5. The maximum absolute atomic E-state index is 8.81. The molecule has 17 heteroatoms. The minimum Gasteiger partial charge on any atom is -0.369 e. The van der Waals surface area contributed by atoms with Gasteiger partial charge in [-0.15, -0.1) is 0 Å². The highest BCUT2D eigenvalue weighted by atomic mass is 35.5. The van der Waals surface area contributed by atoms with Gasteiger partial charge >= 0.3 is 0 Å². The second-order valence-electron chi connectivity index (χ2n) is 12.0. The smallest absolute Gasteiger partial charge is 0.205 e. The molecule has 12 nitrogen and oxygen atoms in total. The maximum atomic E-state index is 8.81. The van der Waals surface area contributed by atoms with Gasteiger partial charge < -0.3 is 21.7 Å². The fourth-order valence-corrected chi connectivity index (χ4v) is 5.87. The number of nitrogens with two attached hydrogens (primary N) is 1. The van der Waals surface area contributed by atoms with E-state index in [1.54, 1.807) is 54.6 Å². The largest absolute Gasteiger partial charge is 0.369 e. The molecule has 0 fully saturated rings. The normalized spacial score (nSPS) is 10.0. The van der Waals surface area contributed by atoms with E-state index in [4.69, 9.17) is 75.6 Å². The van der Waals surface area contributed by atoms with E-state index in [0.717, 1.165) is 45.3 Å². The zero-order valence-electron chi connectivity index (χ0n) is 31.3. The molecule has 0 aliphatic rings. The van der Waals surface area contributed by atoms with Gasteiger partial charge in [0.15, 0.2) is 11.6 Å². The van der Waals surface area contributed by atoms with E-state index < -0.39 is 0 Å². The number of pyridine rings is 2. The van der Waals surface area contributed by atoms with E-state index in [1.807, 2.05) is 39.8 Å². The molecule has 0 aliphatic heterocycles. The van der Waals surface area contributed by atoms with Gasteiger partial charge in [0.25, 0.3) is 0 Å². The first-order valence-electron chi connectivity index (χ1n) is 17.2. The van der Waals surface area contributed by atoms with Crippen molar-refractivity contribution < 1.29 is 0 Å². The van der Waals surface area contributed by atoms with Gasteiger partial charge in [0.2, 0.25) is 5.69 Å². The lowest BCUT2D eigenvalue weighted by atomic mass is 10.2. The predicted octanol–water partition coefficient (Wildman–Crippen LogP) is 11.2. The zero-order valence-corrected chi connectivity index (χ0v) is 35.1. The minimum absolute atomic E-state index is 0. The molecule has 0 amide bonds. The molecule has 0 unspecified atom stereocenters. The Morgan fingerprint density at radius 1 is 0.672 bits per heavy atom. The Morgan fingerprint density at radius 3 is 1.69 bits per heavy atom. The summed E-state index contributed by atoms with van der Waals surface area (Å²) in [6.45, 7) is 16.9.